The number of aliphatic hydroxyl groups is 1. The van der Waals surface area contributed by atoms with E-state index in [1.54, 1.807) is 13.8 Å². The summed E-state index contributed by atoms with van der Waals surface area (Å²) < 4.78 is 0. The van der Waals surface area contributed by atoms with Crippen molar-refractivity contribution in [2.75, 3.05) is 0 Å². The summed E-state index contributed by atoms with van der Waals surface area (Å²) in [5, 5.41) is 12.8. The molecule has 0 unspecified atom stereocenters. The molecule has 1 amide bonds. The molecule has 0 saturated carbocycles. The highest BCUT2D eigenvalue weighted by atomic mass is 16.3. The SMILES string of the molecule is CC(C)(O)C(C)(C)NC(=O)Cc1ccccc1. The molecule has 3 heteroatoms. The number of hydrogen-bond acceptors (Lipinski definition) is 2. The van der Waals surface area contributed by atoms with E-state index in [1.165, 1.54) is 0 Å². The van der Waals surface area contributed by atoms with Crippen molar-refractivity contribution < 1.29 is 9.90 Å². The second kappa shape index (κ2) is 4.88. The average Bonchev–Trinajstić information content (AvgIpc) is 2.16. The summed E-state index contributed by atoms with van der Waals surface area (Å²) in [6.45, 7) is 7.01. The second-order valence-electron chi connectivity index (χ2n) is 5.39. The lowest BCUT2D eigenvalue weighted by Gasteiger charge is -2.38. The van der Waals surface area contributed by atoms with E-state index in [1.807, 2.05) is 44.2 Å². The van der Waals surface area contributed by atoms with Crippen LogP contribution in [-0.2, 0) is 11.2 Å². The van der Waals surface area contributed by atoms with Gasteiger partial charge in [0.15, 0.2) is 0 Å². The fourth-order valence-electron chi connectivity index (χ4n) is 1.33. The molecule has 0 atom stereocenters. The standard InChI is InChI=1S/C14H21NO2/c1-13(2,14(3,4)17)15-12(16)10-11-8-6-5-7-9-11/h5-9,17H,10H2,1-4H3,(H,15,16). The highest BCUT2D eigenvalue weighted by molar-refractivity contribution is 5.79. The lowest BCUT2D eigenvalue weighted by molar-refractivity contribution is -0.125. The molecule has 0 radical (unpaired) electrons. The van der Waals surface area contributed by atoms with E-state index in [0.29, 0.717) is 6.42 Å². The molecule has 94 valence electrons. The molecule has 17 heavy (non-hydrogen) atoms. The number of amides is 1. The molecule has 2 N–H and O–H groups in total. The number of benzene rings is 1. The van der Waals surface area contributed by atoms with Crippen LogP contribution in [0, 0.1) is 0 Å². The van der Waals surface area contributed by atoms with Crippen molar-refractivity contribution in [2.45, 2.75) is 45.3 Å². The van der Waals surface area contributed by atoms with Gasteiger partial charge in [-0.05, 0) is 33.3 Å². The Morgan fingerprint density at radius 2 is 1.71 bits per heavy atom. The molecule has 1 rings (SSSR count). The number of rotatable bonds is 4. The van der Waals surface area contributed by atoms with E-state index in [2.05, 4.69) is 5.32 Å². The van der Waals surface area contributed by atoms with Crippen LogP contribution in [0.25, 0.3) is 0 Å². The Labute approximate surface area is 103 Å². The van der Waals surface area contributed by atoms with Gasteiger partial charge >= 0.3 is 0 Å². The van der Waals surface area contributed by atoms with Crippen LogP contribution in [0.15, 0.2) is 30.3 Å². The van der Waals surface area contributed by atoms with Gasteiger partial charge in [-0.15, -0.1) is 0 Å². The topological polar surface area (TPSA) is 49.3 Å². The van der Waals surface area contributed by atoms with Crippen LogP contribution in [0.5, 0.6) is 0 Å². The van der Waals surface area contributed by atoms with Crippen LogP contribution < -0.4 is 5.32 Å². The summed E-state index contributed by atoms with van der Waals surface area (Å²) in [7, 11) is 0. The zero-order valence-corrected chi connectivity index (χ0v) is 10.9. The highest BCUT2D eigenvalue weighted by Gasteiger charge is 2.36. The first-order valence-electron chi connectivity index (χ1n) is 5.80. The predicted molar refractivity (Wildman–Crippen MR) is 68.7 cm³/mol. The molecule has 0 aromatic heterocycles. The minimum atomic E-state index is -0.959. The van der Waals surface area contributed by atoms with E-state index in [9.17, 15) is 9.90 Å². The van der Waals surface area contributed by atoms with Crippen molar-refractivity contribution in [3.8, 4) is 0 Å². The predicted octanol–water partition coefficient (Wildman–Crippen LogP) is 1.89. The zero-order chi connectivity index (χ0) is 13.1. The summed E-state index contributed by atoms with van der Waals surface area (Å²) in [6, 6.07) is 9.56. The fraction of sp³-hybridized carbons (Fsp3) is 0.500. The van der Waals surface area contributed by atoms with Gasteiger partial charge < -0.3 is 10.4 Å². The molecular weight excluding hydrogens is 214 g/mol. The number of hydrogen-bond donors (Lipinski definition) is 2. The van der Waals surface area contributed by atoms with Crippen molar-refractivity contribution in [2.24, 2.45) is 0 Å². The zero-order valence-electron chi connectivity index (χ0n) is 10.9. The molecule has 0 heterocycles. The van der Waals surface area contributed by atoms with E-state index in [-0.39, 0.29) is 5.91 Å². The van der Waals surface area contributed by atoms with Crippen molar-refractivity contribution in [1.82, 2.24) is 5.32 Å². The average molecular weight is 235 g/mol. The maximum Gasteiger partial charge on any atom is 0.224 e. The van der Waals surface area contributed by atoms with Gasteiger partial charge in [0.25, 0.3) is 0 Å². The molecule has 0 aliphatic rings. The molecule has 0 saturated heterocycles. The van der Waals surface area contributed by atoms with Crippen molar-refractivity contribution in [3.63, 3.8) is 0 Å². The molecule has 0 aliphatic carbocycles. The third-order valence-corrected chi connectivity index (χ3v) is 3.19. The second-order valence-corrected chi connectivity index (χ2v) is 5.39. The lowest BCUT2D eigenvalue weighted by atomic mass is 9.86. The Balaban J connectivity index is 2.62. The Morgan fingerprint density at radius 3 is 2.18 bits per heavy atom. The number of carbonyl (C=O) groups excluding carboxylic acids is 1. The summed E-state index contributed by atoms with van der Waals surface area (Å²) >= 11 is 0. The Bertz CT molecular complexity index is 377. The van der Waals surface area contributed by atoms with Gasteiger partial charge in [0.05, 0.1) is 17.6 Å². The first kappa shape index (κ1) is 13.7. The lowest BCUT2D eigenvalue weighted by Crippen LogP contribution is -2.58. The third kappa shape index (κ3) is 3.86. The van der Waals surface area contributed by atoms with Gasteiger partial charge in [-0.1, -0.05) is 30.3 Å². The molecule has 3 nitrogen and oxygen atoms in total. The van der Waals surface area contributed by atoms with Crippen LogP contribution >= 0.6 is 0 Å². The molecule has 0 spiro atoms. The quantitative estimate of drug-likeness (QED) is 0.837. The van der Waals surface area contributed by atoms with E-state index in [4.69, 9.17) is 0 Å². The van der Waals surface area contributed by atoms with Crippen LogP contribution in [0.1, 0.15) is 33.3 Å². The Morgan fingerprint density at radius 1 is 1.18 bits per heavy atom. The molecule has 0 bridgehead atoms. The van der Waals surface area contributed by atoms with Crippen LogP contribution in [0.3, 0.4) is 0 Å². The Hall–Kier alpha value is -1.35. The minimum Gasteiger partial charge on any atom is -0.388 e. The molecule has 1 aromatic rings. The summed E-state index contributed by atoms with van der Waals surface area (Å²) in [5.74, 6) is -0.0803. The normalized spacial score (nSPS) is 12.3. The molecular formula is C14H21NO2. The largest absolute Gasteiger partial charge is 0.388 e. The first-order valence-corrected chi connectivity index (χ1v) is 5.80. The Kier molecular flexibility index (Phi) is 3.94. The molecule has 1 aromatic carbocycles. The van der Waals surface area contributed by atoms with Gasteiger partial charge in [-0.3, -0.25) is 4.79 Å². The van der Waals surface area contributed by atoms with Crippen molar-refractivity contribution >= 4 is 5.91 Å². The monoisotopic (exact) mass is 235 g/mol. The summed E-state index contributed by atoms with van der Waals surface area (Å²) in [4.78, 5) is 11.9. The van der Waals surface area contributed by atoms with E-state index < -0.39 is 11.1 Å². The summed E-state index contributed by atoms with van der Waals surface area (Å²) in [6.07, 6.45) is 0.334. The van der Waals surface area contributed by atoms with Crippen molar-refractivity contribution in [1.29, 1.82) is 0 Å². The van der Waals surface area contributed by atoms with Gasteiger partial charge in [-0.2, -0.15) is 0 Å². The minimum absolute atomic E-state index is 0.0803. The number of carbonyl (C=O) groups is 1. The smallest absolute Gasteiger partial charge is 0.224 e. The van der Waals surface area contributed by atoms with E-state index >= 15 is 0 Å². The maximum absolute atomic E-state index is 11.9. The van der Waals surface area contributed by atoms with Crippen LogP contribution in [0.2, 0.25) is 0 Å². The first-order chi connectivity index (χ1) is 7.72. The molecule has 0 fully saturated rings. The summed E-state index contributed by atoms with van der Waals surface area (Å²) in [5.41, 5.74) is -0.644. The van der Waals surface area contributed by atoms with Crippen LogP contribution in [-0.4, -0.2) is 22.2 Å². The maximum atomic E-state index is 11.9. The van der Waals surface area contributed by atoms with Gasteiger partial charge in [0, 0.05) is 0 Å². The van der Waals surface area contributed by atoms with Crippen molar-refractivity contribution in [3.05, 3.63) is 35.9 Å². The number of nitrogens with one attached hydrogen (secondary N) is 1. The molecule has 0 aliphatic heterocycles. The fourth-order valence-corrected chi connectivity index (χ4v) is 1.33. The van der Waals surface area contributed by atoms with Gasteiger partial charge in [0.1, 0.15) is 0 Å². The third-order valence-electron chi connectivity index (χ3n) is 3.19. The van der Waals surface area contributed by atoms with E-state index in [0.717, 1.165) is 5.56 Å². The van der Waals surface area contributed by atoms with Gasteiger partial charge in [0.2, 0.25) is 5.91 Å². The van der Waals surface area contributed by atoms with Crippen LogP contribution in [0.4, 0.5) is 0 Å². The van der Waals surface area contributed by atoms with Gasteiger partial charge in [-0.25, -0.2) is 0 Å². The highest BCUT2D eigenvalue weighted by Crippen LogP contribution is 2.20.